The Morgan fingerprint density at radius 1 is 1.12 bits per heavy atom. The standard InChI is InChI=1S/C17H13Cl2NO5/c1-8-11(17(23)24)4-3-5-14(8)20-16(22)10-6-12(18)15(13(19)7-10)25-9(2)21/h3-7H,1-2H3,(H,20,22)(H,23,24). The summed E-state index contributed by atoms with van der Waals surface area (Å²) < 4.78 is 4.89. The van der Waals surface area contributed by atoms with E-state index in [4.69, 9.17) is 33.0 Å². The van der Waals surface area contributed by atoms with Crippen molar-refractivity contribution >= 4 is 46.7 Å². The number of halogens is 2. The molecule has 0 saturated heterocycles. The highest BCUT2D eigenvalue weighted by molar-refractivity contribution is 6.38. The average molecular weight is 382 g/mol. The summed E-state index contributed by atoms with van der Waals surface area (Å²) in [7, 11) is 0. The summed E-state index contributed by atoms with van der Waals surface area (Å²) in [6.45, 7) is 2.79. The molecule has 0 spiro atoms. The van der Waals surface area contributed by atoms with Gasteiger partial charge in [0.05, 0.1) is 15.6 Å². The van der Waals surface area contributed by atoms with Crippen LogP contribution in [0.15, 0.2) is 30.3 Å². The Kier molecular flexibility index (Phi) is 5.66. The maximum Gasteiger partial charge on any atom is 0.336 e. The van der Waals surface area contributed by atoms with Gasteiger partial charge >= 0.3 is 11.9 Å². The Balaban J connectivity index is 2.32. The van der Waals surface area contributed by atoms with Gasteiger partial charge in [-0.3, -0.25) is 9.59 Å². The van der Waals surface area contributed by atoms with E-state index in [9.17, 15) is 14.4 Å². The van der Waals surface area contributed by atoms with Crippen LogP contribution in [-0.4, -0.2) is 23.0 Å². The minimum atomic E-state index is -1.09. The Morgan fingerprint density at radius 2 is 1.72 bits per heavy atom. The third-order valence-corrected chi connectivity index (χ3v) is 3.88. The van der Waals surface area contributed by atoms with Crippen LogP contribution < -0.4 is 10.1 Å². The van der Waals surface area contributed by atoms with E-state index >= 15 is 0 Å². The number of anilines is 1. The van der Waals surface area contributed by atoms with Crippen molar-refractivity contribution in [2.24, 2.45) is 0 Å². The predicted molar refractivity (Wildman–Crippen MR) is 93.9 cm³/mol. The first kappa shape index (κ1) is 18.8. The van der Waals surface area contributed by atoms with Crippen molar-refractivity contribution in [3.8, 4) is 5.75 Å². The zero-order chi connectivity index (χ0) is 18.7. The first-order valence-corrected chi connectivity index (χ1v) is 7.78. The fourth-order valence-corrected chi connectivity index (χ4v) is 2.69. The van der Waals surface area contributed by atoms with Crippen LogP contribution in [0.25, 0.3) is 0 Å². The Bertz CT molecular complexity index is 856. The van der Waals surface area contributed by atoms with Crippen LogP contribution in [0.5, 0.6) is 5.75 Å². The van der Waals surface area contributed by atoms with E-state index in [1.165, 1.54) is 31.2 Å². The van der Waals surface area contributed by atoms with Crippen LogP contribution in [0, 0.1) is 6.92 Å². The molecule has 2 rings (SSSR count). The van der Waals surface area contributed by atoms with Gasteiger partial charge in [-0.15, -0.1) is 0 Å². The van der Waals surface area contributed by atoms with Crippen molar-refractivity contribution in [1.82, 2.24) is 0 Å². The first-order chi connectivity index (χ1) is 11.7. The van der Waals surface area contributed by atoms with Crippen LogP contribution in [0.3, 0.4) is 0 Å². The average Bonchev–Trinajstić information content (AvgIpc) is 2.52. The zero-order valence-electron chi connectivity index (χ0n) is 13.2. The molecule has 0 aliphatic rings. The van der Waals surface area contributed by atoms with E-state index in [-0.39, 0.29) is 26.9 Å². The first-order valence-electron chi connectivity index (χ1n) is 7.02. The molecule has 2 aromatic rings. The molecule has 0 bridgehead atoms. The molecule has 0 aliphatic carbocycles. The van der Waals surface area contributed by atoms with Crippen LogP contribution in [0.2, 0.25) is 10.0 Å². The van der Waals surface area contributed by atoms with Gasteiger partial charge in [-0.2, -0.15) is 0 Å². The number of amides is 1. The molecule has 25 heavy (non-hydrogen) atoms. The van der Waals surface area contributed by atoms with Gasteiger partial charge in [-0.05, 0) is 36.8 Å². The summed E-state index contributed by atoms with van der Waals surface area (Å²) in [5.74, 6) is -2.26. The van der Waals surface area contributed by atoms with Gasteiger partial charge in [0.1, 0.15) is 0 Å². The van der Waals surface area contributed by atoms with Crippen LogP contribution in [-0.2, 0) is 4.79 Å². The van der Waals surface area contributed by atoms with E-state index in [0.29, 0.717) is 11.3 Å². The molecule has 0 radical (unpaired) electrons. The fraction of sp³-hybridized carbons (Fsp3) is 0.118. The normalized spacial score (nSPS) is 10.2. The lowest BCUT2D eigenvalue weighted by Gasteiger charge is -2.12. The van der Waals surface area contributed by atoms with E-state index in [1.807, 2.05) is 0 Å². The molecule has 2 N–H and O–H groups in total. The molecule has 0 fully saturated rings. The maximum atomic E-state index is 12.4. The summed E-state index contributed by atoms with van der Waals surface area (Å²) in [6, 6.07) is 7.15. The second-order valence-corrected chi connectivity index (χ2v) is 5.91. The largest absolute Gasteiger partial charge is 0.478 e. The molecular weight excluding hydrogens is 369 g/mol. The molecule has 0 heterocycles. The number of esters is 1. The van der Waals surface area contributed by atoms with Gasteiger partial charge in [0, 0.05) is 18.2 Å². The van der Waals surface area contributed by atoms with E-state index < -0.39 is 17.8 Å². The molecular formula is C17H13Cl2NO5. The Labute approximate surface area is 153 Å². The van der Waals surface area contributed by atoms with Gasteiger partial charge in [-0.25, -0.2) is 4.79 Å². The number of ether oxygens (including phenoxy) is 1. The van der Waals surface area contributed by atoms with Crippen LogP contribution >= 0.6 is 23.2 Å². The summed E-state index contributed by atoms with van der Waals surface area (Å²) >= 11 is 12.0. The molecule has 0 saturated carbocycles. The maximum absolute atomic E-state index is 12.4. The van der Waals surface area contributed by atoms with Crippen molar-refractivity contribution in [2.45, 2.75) is 13.8 Å². The SMILES string of the molecule is CC(=O)Oc1c(Cl)cc(C(=O)Nc2cccc(C(=O)O)c2C)cc1Cl. The highest BCUT2D eigenvalue weighted by atomic mass is 35.5. The van der Waals surface area contributed by atoms with Gasteiger partial charge in [-0.1, -0.05) is 29.3 Å². The number of carboxylic acids is 1. The molecule has 0 aliphatic heterocycles. The number of carboxylic acid groups (broad SMARTS) is 1. The second kappa shape index (κ2) is 7.55. The van der Waals surface area contributed by atoms with Gasteiger partial charge in [0.2, 0.25) is 0 Å². The van der Waals surface area contributed by atoms with E-state index in [0.717, 1.165) is 0 Å². The van der Waals surface area contributed by atoms with Crippen molar-refractivity contribution < 1.29 is 24.2 Å². The highest BCUT2D eigenvalue weighted by Gasteiger charge is 2.17. The smallest absolute Gasteiger partial charge is 0.336 e. The topological polar surface area (TPSA) is 92.7 Å². The molecule has 0 aromatic heterocycles. The minimum Gasteiger partial charge on any atom is -0.478 e. The predicted octanol–water partition coefficient (Wildman–Crippen LogP) is 4.18. The quantitative estimate of drug-likeness (QED) is 0.611. The van der Waals surface area contributed by atoms with E-state index in [1.54, 1.807) is 13.0 Å². The summed E-state index contributed by atoms with van der Waals surface area (Å²) in [6.07, 6.45) is 0. The lowest BCUT2D eigenvalue weighted by molar-refractivity contribution is -0.131. The summed E-state index contributed by atoms with van der Waals surface area (Å²) in [5.41, 5.74) is 0.975. The fourth-order valence-electron chi connectivity index (χ4n) is 2.13. The van der Waals surface area contributed by atoms with Crippen molar-refractivity contribution in [3.63, 3.8) is 0 Å². The molecule has 8 heteroatoms. The summed E-state index contributed by atoms with van der Waals surface area (Å²) in [5, 5.41) is 11.7. The van der Waals surface area contributed by atoms with E-state index in [2.05, 4.69) is 5.32 Å². The number of nitrogens with one attached hydrogen (secondary N) is 1. The Morgan fingerprint density at radius 3 is 2.24 bits per heavy atom. The number of carbonyl (C=O) groups excluding carboxylic acids is 2. The monoisotopic (exact) mass is 381 g/mol. The zero-order valence-corrected chi connectivity index (χ0v) is 14.7. The van der Waals surface area contributed by atoms with Gasteiger partial charge < -0.3 is 15.2 Å². The van der Waals surface area contributed by atoms with Gasteiger partial charge in [0.25, 0.3) is 5.91 Å². The number of rotatable bonds is 4. The van der Waals surface area contributed by atoms with Crippen LogP contribution in [0.4, 0.5) is 5.69 Å². The lowest BCUT2D eigenvalue weighted by atomic mass is 10.1. The molecule has 2 aromatic carbocycles. The molecule has 0 atom stereocenters. The minimum absolute atomic E-state index is 0.00357. The molecule has 6 nitrogen and oxygen atoms in total. The van der Waals surface area contributed by atoms with Gasteiger partial charge in [0.15, 0.2) is 5.75 Å². The number of aromatic carboxylic acids is 1. The summed E-state index contributed by atoms with van der Waals surface area (Å²) in [4.78, 5) is 34.6. The van der Waals surface area contributed by atoms with Crippen molar-refractivity contribution in [3.05, 3.63) is 57.1 Å². The number of carbonyl (C=O) groups is 3. The molecule has 0 unspecified atom stereocenters. The second-order valence-electron chi connectivity index (χ2n) is 5.10. The van der Waals surface area contributed by atoms with Crippen LogP contribution in [0.1, 0.15) is 33.2 Å². The number of hydrogen-bond donors (Lipinski definition) is 2. The highest BCUT2D eigenvalue weighted by Crippen LogP contribution is 2.34. The number of hydrogen-bond acceptors (Lipinski definition) is 4. The Hall–Kier alpha value is -2.57. The van der Waals surface area contributed by atoms with Crippen molar-refractivity contribution in [1.29, 1.82) is 0 Å². The number of benzene rings is 2. The third-order valence-electron chi connectivity index (χ3n) is 3.32. The van der Waals surface area contributed by atoms with Crippen molar-refractivity contribution in [2.75, 3.05) is 5.32 Å². The molecule has 1 amide bonds. The lowest BCUT2D eigenvalue weighted by Crippen LogP contribution is -2.14. The molecule has 130 valence electrons. The third kappa shape index (κ3) is 4.29.